The Morgan fingerprint density at radius 2 is 1.90 bits per heavy atom. The van der Waals surface area contributed by atoms with Gasteiger partial charge in [-0.05, 0) is 48.9 Å². The van der Waals surface area contributed by atoms with Gasteiger partial charge in [0.05, 0.1) is 10.6 Å². The van der Waals surface area contributed by atoms with Crippen molar-refractivity contribution in [2.75, 3.05) is 5.32 Å². The second-order valence-electron chi connectivity index (χ2n) is 4.42. The number of aromatic carboxylic acids is 1. The van der Waals surface area contributed by atoms with Gasteiger partial charge in [-0.1, -0.05) is 27.5 Å². The van der Waals surface area contributed by atoms with Gasteiger partial charge in [0.25, 0.3) is 5.91 Å². The smallest absolute Gasteiger partial charge is 0.337 e. The minimum Gasteiger partial charge on any atom is -0.478 e. The van der Waals surface area contributed by atoms with Gasteiger partial charge in [0.1, 0.15) is 0 Å². The molecule has 2 rings (SSSR count). The van der Waals surface area contributed by atoms with E-state index < -0.39 is 5.97 Å². The fourth-order valence-corrected chi connectivity index (χ4v) is 2.26. The fourth-order valence-electron chi connectivity index (χ4n) is 1.76. The lowest BCUT2D eigenvalue weighted by Crippen LogP contribution is -2.12. The summed E-state index contributed by atoms with van der Waals surface area (Å²) in [5.41, 5.74) is 1.89. The topological polar surface area (TPSA) is 66.4 Å². The zero-order valence-electron chi connectivity index (χ0n) is 11.0. The molecule has 2 aromatic rings. The van der Waals surface area contributed by atoms with Crippen molar-refractivity contribution in [3.05, 3.63) is 62.6 Å². The first kappa shape index (κ1) is 15.5. The van der Waals surface area contributed by atoms with Crippen LogP contribution >= 0.6 is 27.5 Å². The quantitative estimate of drug-likeness (QED) is 0.846. The second-order valence-corrected chi connectivity index (χ2v) is 5.68. The number of rotatable bonds is 3. The summed E-state index contributed by atoms with van der Waals surface area (Å²) < 4.78 is 0.924. The van der Waals surface area contributed by atoms with Crippen LogP contribution in [0.25, 0.3) is 0 Å². The standard InChI is InChI=1S/C15H11BrClNO3/c1-8-6-9(2-5-12(8)16)14(19)18-10-3-4-11(15(20)21)13(17)7-10/h2-7H,1H3,(H,18,19)(H,20,21). The highest BCUT2D eigenvalue weighted by Crippen LogP contribution is 2.22. The van der Waals surface area contributed by atoms with Crippen LogP contribution in [0.15, 0.2) is 40.9 Å². The summed E-state index contributed by atoms with van der Waals surface area (Å²) in [5.74, 6) is -1.40. The summed E-state index contributed by atoms with van der Waals surface area (Å²) in [6.07, 6.45) is 0. The maximum Gasteiger partial charge on any atom is 0.337 e. The number of hydrogen-bond donors (Lipinski definition) is 2. The Morgan fingerprint density at radius 1 is 1.19 bits per heavy atom. The number of halogens is 2. The average molecular weight is 369 g/mol. The van der Waals surface area contributed by atoms with Crippen molar-refractivity contribution in [2.24, 2.45) is 0 Å². The van der Waals surface area contributed by atoms with Crippen molar-refractivity contribution in [1.82, 2.24) is 0 Å². The Balaban J connectivity index is 2.21. The lowest BCUT2D eigenvalue weighted by molar-refractivity contribution is 0.0697. The number of carboxylic acid groups (broad SMARTS) is 1. The van der Waals surface area contributed by atoms with Crippen LogP contribution in [-0.2, 0) is 0 Å². The molecule has 2 aromatic carbocycles. The van der Waals surface area contributed by atoms with E-state index in [9.17, 15) is 9.59 Å². The van der Waals surface area contributed by atoms with Gasteiger partial charge in [-0.15, -0.1) is 0 Å². The van der Waals surface area contributed by atoms with E-state index >= 15 is 0 Å². The van der Waals surface area contributed by atoms with Crippen LogP contribution < -0.4 is 5.32 Å². The van der Waals surface area contributed by atoms with E-state index in [2.05, 4.69) is 21.2 Å². The number of carbonyl (C=O) groups excluding carboxylic acids is 1. The van der Waals surface area contributed by atoms with Crippen molar-refractivity contribution in [3.8, 4) is 0 Å². The molecule has 108 valence electrons. The molecule has 0 aliphatic rings. The molecule has 6 heteroatoms. The lowest BCUT2D eigenvalue weighted by Gasteiger charge is -2.08. The first-order valence-electron chi connectivity index (χ1n) is 5.99. The Morgan fingerprint density at radius 3 is 2.48 bits per heavy atom. The summed E-state index contributed by atoms with van der Waals surface area (Å²) >= 11 is 9.23. The molecule has 1 amide bonds. The largest absolute Gasteiger partial charge is 0.478 e. The molecule has 0 spiro atoms. The minimum absolute atomic E-state index is 0.00542. The molecule has 0 aromatic heterocycles. The monoisotopic (exact) mass is 367 g/mol. The van der Waals surface area contributed by atoms with Gasteiger partial charge in [0, 0.05) is 15.7 Å². The second kappa shape index (κ2) is 6.28. The molecule has 4 nitrogen and oxygen atoms in total. The molecule has 0 unspecified atom stereocenters. The molecular formula is C15H11BrClNO3. The number of carbonyl (C=O) groups is 2. The molecule has 2 N–H and O–H groups in total. The van der Waals surface area contributed by atoms with Crippen LogP contribution in [0.5, 0.6) is 0 Å². The molecule has 0 atom stereocenters. The number of hydrogen-bond acceptors (Lipinski definition) is 2. The van der Waals surface area contributed by atoms with Crippen LogP contribution in [-0.4, -0.2) is 17.0 Å². The first-order valence-corrected chi connectivity index (χ1v) is 7.16. The number of benzene rings is 2. The van der Waals surface area contributed by atoms with Crippen molar-refractivity contribution in [2.45, 2.75) is 6.92 Å². The van der Waals surface area contributed by atoms with Crippen LogP contribution in [0.3, 0.4) is 0 Å². The Kier molecular flexibility index (Phi) is 4.65. The molecule has 0 bridgehead atoms. The number of nitrogens with one attached hydrogen (secondary N) is 1. The number of aryl methyl sites for hydroxylation is 1. The molecule has 0 aliphatic carbocycles. The normalized spacial score (nSPS) is 10.2. The summed E-state index contributed by atoms with van der Waals surface area (Å²) in [6.45, 7) is 1.89. The van der Waals surface area contributed by atoms with E-state index in [4.69, 9.17) is 16.7 Å². The number of anilines is 1. The predicted molar refractivity (Wildman–Crippen MR) is 85.2 cm³/mol. The highest BCUT2D eigenvalue weighted by molar-refractivity contribution is 9.10. The third-order valence-electron chi connectivity index (χ3n) is 2.88. The molecule has 0 saturated carbocycles. The van der Waals surface area contributed by atoms with Crippen molar-refractivity contribution in [3.63, 3.8) is 0 Å². The Hall–Kier alpha value is -1.85. The molecule has 0 saturated heterocycles. The van der Waals surface area contributed by atoms with Crippen LogP contribution in [0.1, 0.15) is 26.3 Å². The van der Waals surface area contributed by atoms with Gasteiger partial charge in [-0.25, -0.2) is 4.79 Å². The van der Waals surface area contributed by atoms with E-state index in [1.54, 1.807) is 18.2 Å². The Bertz CT molecular complexity index is 731. The zero-order chi connectivity index (χ0) is 15.6. The maximum absolute atomic E-state index is 12.1. The van der Waals surface area contributed by atoms with E-state index in [0.717, 1.165) is 10.0 Å². The van der Waals surface area contributed by atoms with Crippen LogP contribution in [0.4, 0.5) is 5.69 Å². The summed E-state index contributed by atoms with van der Waals surface area (Å²) in [7, 11) is 0. The molecule has 0 heterocycles. The lowest BCUT2D eigenvalue weighted by atomic mass is 10.1. The summed E-state index contributed by atoms with van der Waals surface area (Å²) in [5, 5.41) is 11.7. The van der Waals surface area contributed by atoms with E-state index in [-0.39, 0.29) is 16.5 Å². The zero-order valence-corrected chi connectivity index (χ0v) is 13.3. The SMILES string of the molecule is Cc1cc(C(=O)Nc2ccc(C(=O)O)c(Cl)c2)ccc1Br. The van der Waals surface area contributed by atoms with Crippen LogP contribution in [0.2, 0.25) is 5.02 Å². The van der Waals surface area contributed by atoms with E-state index in [1.165, 1.54) is 18.2 Å². The third-order valence-corrected chi connectivity index (χ3v) is 4.08. The van der Waals surface area contributed by atoms with Gasteiger partial charge < -0.3 is 10.4 Å². The highest BCUT2D eigenvalue weighted by Gasteiger charge is 2.11. The minimum atomic E-state index is -1.11. The maximum atomic E-state index is 12.1. The van der Waals surface area contributed by atoms with Gasteiger partial charge in [-0.3, -0.25) is 4.79 Å². The van der Waals surface area contributed by atoms with Crippen molar-refractivity contribution in [1.29, 1.82) is 0 Å². The number of amides is 1. The third kappa shape index (κ3) is 3.62. The van der Waals surface area contributed by atoms with E-state index in [0.29, 0.717) is 11.3 Å². The summed E-state index contributed by atoms with van der Waals surface area (Å²) in [4.78, 5) is 23.0. The molecule has 0 aliphatic heterocycles. The number of carboxylic acids is 1. The fraction of sp³-hybridized carbons (Fsp3) is 0.0667. The van der Waals surface area contributed by atoms with Crippen molar-refractivity contribution >= 4 is 45.1 Å². The Labute approximate surface area is 134 Å². The predicted octanol–water partition coefficient (Wildman–Crippen LogP) is 4.36. The molecule has 0 radical (unpaired) electrons. The molecular weight excluding hydrogens is 358 g/mol. The first-order chi connectivity index (χ1) is 9.88. The summed E-state index contributed by atoms with van der Waals surface area (Å²) in [6, 6.07) is 9.51. The average Bonchev–Trinajstić information content (AvgIpc) is 2.41. The van der Waals surface area contributed by atoms with Gasteiger partial charge in [-0.2, -0.15) is 0 Å². The van der Waals surface area contributed by atoms with Crippen LogP contribution in [0, 0.1) is 6.92 Å². The highest BCUT2D eigenvalue weighted by atomic mass is 79.9. The van der Waals surface area contributed by atoms with Gasteiger partial charge >= 0.3 is 5.97 Å². The van der Waals surface area contributed by atoms with Crippen molar-refractivity contribution < 1.29 is 14.7 Å². The van der Waals surface area contributed by atoms with E-state index in [1.807, 2.05) is 6.92 Å². The molecule has 0 fully saturated rings. The van der Waals surface area contributed by atoms with Gasteiger partial charge in [0.2, 0.25) is 0 Å². The molecule has 21 heavy (non-hydrogen) atoms. The van der Waals surface area contributed by atoms with Gasteiger partial charge in [0.15, 0.2) is 0 Å².